The number of nitrogens with one attached hydrogen (secondary N) is 1. The van der Waals surface area contributed by atoms with Gasteiger partial charge in [-0.1, -0.05) is 6.92 Å². The molecule has 5 nitrogen and oxygen atoms in total. The summed E-state index contributed by atoms with van der Waals surface area (Å²) >= 11 is 1.38. The van der Waals surface area contributed by atoms with Crippen LogP contribution >= 0.6 is 11.3 Å². The molecule has 0 radical (unpaired) electrons. The molecule has 108 valence electrons. The van der Waals surface area contributed by atoms with Crippen LogP contribution in [-0.2, 0) is 11.2 Å². The Bertz CT molecular complexity index is 542. The normalized spacial score (nSPS) is 31.4. The molecule has 1 amide bonds. The molecule has 4 atom stereocenters. The maximum Gasteiger partial charge on any atom is 0.308 e. The van der Waals surface area contributed by atoms with E-state index in [1.165, 1.54) is 11.3 Å². The Balaban J connectivity index is 1.73. The Hall–Kier alpha value is -1.43. The van der Waals surface area contributed by atoms with Gasteiger partial charge in [0.15, 0.2) is 0 Å². The molecule has 0 aromatic carbocycles. The van der Waals surface area contributed by atoms with Gasteiger partial charge in [0.1, 0.15) is 4.88 Å². The molecule has 3 rings (SSSR count). The molecule has 0 aliphatic heterocycles. The lowest BCUT2D eigenvalue weighted by molar-refractivity contribution is -0.144. The van der Waals surface area contributed by atoms with Crippen LogP contribution < -0.4 is 5.32 Å². The largest absolute Gasteiger partial charge is 0.481 e. The number of carbonyl (C=O) groups excluding carboxylic acids is 1. The number of carboxylic acids is 1. The number of amides is 1. The van der Waals surface area contributed by atoms with Crippen molar-refractivity contribution in [3.05, 3.63) is 16.1 Å². The van der Waals surface area contributed by atoms with Crippen molar-refractivity contribution >= 4 is 23.2 Å². The third kappa shape index (κ3) is 2.22. The van der Waals surface area contributed by atoms with E-state index >= 15 is 0 Å². The Morgan fingerprint density at radius 1 is 1.45 bits per heavy atom. The van der Waals surface area contributed by atoms with Crippen molar-refractivity contribution in [3.8, 4) is 0 Å². The fourth-order valence-corrected chi connectivity index (χ4v) is 4.42. The van der Waals surface area contributed by atoms with E-state index in [0.29, 0.717) is 10.8 Å². The number of fused-ring (bicyclic) bond motifs is 2. The lowest BCUT2D eigenvalue weighted by atomic mass is 9.84. The number of aliphatic carboxylic acids is 1. The molecule has 1 heterocycles. The highest BCUT2D eigenvalue weighted by Crippen LogP contribution is 2.48. The summed E-state index contributed by atoms with van der Waals surface area (Å²) in [5.74, 6) is -0.817. The molecule has 1 aromatic rings. The number of hydrogen-bond donors (Lipinski definition) is 2. The number of carboxylic acid groups (broad SMARTS) is 1. The van der Waals surface area contributed by atoms with Gasteiger partial charge >= 0.3 is 5.97 Å². The van der Waals surface area contributed by atoms with Gasteiger partial charge in [0, 0.05) is 6.04 Å². The van der Waals surface area contributed by atoms with Gasteiger partial charge in [0.05, 0.1) is 17.1 Å². The van der Waals surface area contributed by atoms with Crippen LogP contribution in [0.1, 0.15) is 40.9 Å². The van der Waals surface area contributed by atoms with Crippen molar-refractivity contribution in [1.82, 2.24) is 10.3 Å². The standard InChI is InChI=1S/C14H18N2O3S/c1-2-10-15-6-9(20-10)13(17)16-12-8-4-3-7(5-8)11(12)14(18)19/h6-8,11-12H,2-5H2,1H3,(H,16,17)(H,18,19)/t7-,8-,11-,12+/m0/s1. The molecule has 0 unspecified atom stereocenters. The van der Waals surface area contributed by atoms with E-state index in [-0.39, 0.29) is 17.9 Å². The molecule has 2 aliphatic carbocycles. The van der Waals surface area contributed by atoms with Crippen molar-refractivity contribution in [2.24, 2.45) is 17.8 Å². The van der Waals surface area contributed by atoms with Gasteiger partial charge in [-0.15, -0.1) is 11.3 Å². The van der Waals surface area contributed by atoms with Crippen molar-refractivity contribution in [2.75, 3.05) is 0 Å². The predicted molar refractivity (Wildman–Crippen MR) is 74.7 cm³/mol. The SMILES string of the molecule is CCc1ncc(C(=O)N[C@@H]2[C@H]3CC[C@@H](C3)[C@@H]2C(=O)O)s1. The first-order chi connectivity index (χ1) is 9.60. The molecule has 6 heteroatoms. The zero-order chi connectivity index (χ0) is 14.3. The van der Waals surface area contributed by atoms with Gasteiger partial charge in [-0.05, 0) is 37.5 Å². The van der Waals surface area contributed by atoms with E-state index in [9.17, 15) is 14.7 Å². The van der Waals surface area contributed by atoms with Crippen LogP contribution in [-0.4, -0.2) is 28.0 Å². The van der Waals surface area contributed by atoms with E-state index in [1.807, 2.05) is 6.92 Å². The second kappa shape index (κ2) is 5.16. The van der Waals surface area contributed by atoms with Crippen LogP contribution in [0.4, 0.5) is 0 Å². The van der Waals surface area contributed by atoms with Crippen molar-refractivity contribution in [1.29, 1.82) is 0 Å². The summed E-state index contributed by atoms with van der Waals surface area (Å²) in [7, 11) is 0. The molecular weight excluding hydrogens is 276 g/mol. The third-order valence-corrected chi connectivity index (χ3v) is 5.72. The maximum atomic E-state index is 12.2. The smallest absolute Gasteiger partial charge is 0.308 e. The molecule has 0 saturated heterocycles. The zero-order valence-corrected chi connectivity index (χ0v) is 12.2. The first-order valence-electron chi connectivity index (χ1n) is 7.08. The molecule has 2 bridgehead atoms. The third-order valence-electron chi connectivity index (χ3n) is 4.58. The molecule has 2 N–H and O–H groups in total. The summed E-state index contributed by atoms with van der Waals surface area (Å²) in [4.78, 5) is 28.4. The molecule has 2 aliphatic rings. The minimum absolute atomic E-state index is 0.175. The predicted octanol–water partition coefficient (Wildman–Crippen LogP) is 1.93. The van der Waals surface area contributed by atoms with Gasteiger partial charge in [-0.3, -0.25) is 9.59 Å². The average Bonchev–Trinajstić information content (AvgIpc) is 3.13. The number of aromatic nitrogens is 1. The molecule has 0 spiro atoms. The number of thiazole rings is 1. The number of nitrogens with zero attached hydrogens (tertiary/aromatic N) is 1. The topological polar surface area (TPSA) is 79.3 Å². The van der Waals surface area contributed by atoms with Crippen LogP contribution in [0.25, 0.3) is 0 Å². The van der Waals surface area contributed by atoms with E-state index in [0.717, 1.165) is 30.7 Å². The Morgan fingerprint density at radius 2 is 2.20 bits per heavy atom. The summed E-state index contributed by atoms with van der Waals surface area (Å²) in [5.41, 5.74) is 0. The maximum absolute atomic E-state index is 12.2. The number of hydrogen-bond acceptors (Lipinski definition) is 4. The summed E-state index contributed by atoms with van der Waals surface area (Å²) in [5, 5.41) is 13.2. The summed E-state index contributed by atoms with van der Waals surface area (Å²) in [6.45, 7) is 2.00. The van der Waals surface area contributed by atoms with Crippen molar-refractivity contribution in [2.45, 2.75) is 38.6 Å². The Labute approximate surface area is 121 Å². The number of rotatable bonds is 4. The van der Waals surface area contributed by atoms with Gasteiger partial charge in [-0.2, -0.15) is 0 Å². The van der Waals surface area contributed by atoms with E-state index < -0.39 is 11.9 Å². The lowest BCUT2D eigenvalue weighted by Crippen LogP contribution is -2.46. The molecule has 20 heavy (non-hydrogen) atoms. The van der Waals surface area contributed by atoms with Crippen LogP contribution in [0.5, 0.6) is 0 Å². The van der Waals surface area contributed by atoms with Crippen LogP contribution in [0.15, 0.2) is 6.20 Å². The van der Waals surface area contributed by atoms with E-state index in [2.05, 4.69) is 10.3 Å². The molecular formula is C14H18N2O3S. The second-order valence-electron chi connectivity index (χ2n) is 5.67. The van der Waals surface area contributed by atoms with Gasteiger partial charge in [0.2, 0.25) is 0 Å². The second-order valence-corrected chi connectivity index (χ2v) is 6.78. The van der Waals surface area contributed by atoms with Gasteiger partial charge in [-0.25, -0.2) is 4.98 Å². The Morgan fingerprint density at radius 3 is 2.85 bits per heavy atom. The first-order valence-corrected chi connectivity index (χ1v) is 7.90. The van der Waals surface area contributed by atoms with E-state index in [4.69, 9.17) is 0 Å². The average molecular weight is 294 g/mol. The minimum atomic E-state index is -0.777. The molecule has 2 saturated carbocycles. The molecule has 1 aromatic heterocycles. The monoisotopic (exact) mass is 294 g/mol. The van der Waals surface area contributed by atoms with Crippen molar-refractivity contribution < 1.29 is 14.7 Å². The lowest BCUT2D eigenvalue weighted by Gasteiger charge is -2.28. The number of aryl methyl sites for hydroxylation is 1. The highest BCUT2D eigenvalue weighted by atomic mass is 32.1. The minimum Gasteiger partial charge on any atom is -0.481 e. The van der Waals surface area contributed by atoms with Crippen LogP contribution in [0.2, 0.25) is 0 Å². The van der Waals surface area contributed by atoms with Gasteiger partial charge < -0.3 is 10.4 Å². The Kier molecular flexibility index (Phi) is 3.50. The summed E-state index contributed by atoms with van der Waals surface area (Å²) < 4.78 is 0. The highest BCUT2D eigenvalue weighted by Gasteiger charge is 2.51. The molecule has 2 fully saturated rings. The fourth-order valence-electron chi connectivity index (χ4n) is 3.66. The number of carbonyl (C=O) groups is 2. The van der Waals surface area contributed by atoms with Crippen LogP contribution in [0, 0.1) is 17.8 Å². The van der Waals surface area contributed by atoms with Gasteiger partial charge in [0.25, 0.3) is 5.91 Å². The first kappa shape index (κ1) is 13.5. The van der Waals surface area contributed by atoms with E-state index in [1.54, 1.807) is 6.20 Å². The zero-order valence-electron chi connectivity index (χ0n) is 11.3. The van der Waals surface area contributed by atoms with Crippen LogP contribution in [0.3, 0.4) is 0 Å². The summed E-state index contributed by atoms with van der Waals surface area (Å²) in [6, 6.07) is -0.217. The fraction of sp³-hybridized carbons (Fsp3) is 0.643. The van der Waals surface area contributed by atoms with Crippen molar-refractivity contribution in [3.63, 3.8) is 0 Å². The quantitative estimate of drug-likeness (QED) is 0.889. The highest BCUT2D eigenvalue weighted by molar-refractivity contribution is 7.13. The summed E-state index contributed by atoms with van der Waals surface area (Å²) in [6.07, 6.45) is 5.34.